The van der Waals surface area contributed by atoms with Crippen molar-refractivity contribution in [1.82, 2.24) is 10.2 Å². The van der Waals surface area contributed by atoms with E-state index in [1.807, 2.05) is 63.2 Å². The van der Waals surface area contributed by atoms with Crippen LogP contribution in [-0.2, 0) is 4.79 Å². The number of hydrogen-bond acceptors (Lipinski definition) is 3. The molecule has 0 aliphatic carbocycles. The molecule has 5 heteroatoms. The van der Waals surface area contributed by atoms with Crippen molar-refractivity contribution in [3.8, 4) is 0 Å². The van der Waals surface area contributed by atoms with E-state index < -0.39 is 0 Å². The Balaban J connectivity index is 1.95. The number of nitrogens with one attached hydrogen (secondary N) is 2. The SMILES string of the molecule is CCC(NC(=O)CNc1cccc(C(=O)N(CC)CC)c1)c1ccccc1. The van der Waals surface area contributed by atoms with Crippen molar-refractivity contribution in [2.45, 2.75) is 33.2 Å². The zero-order valence-corrected chi connectivity index (χ0v) is 16.4. The molecule has 0 fully saturated rings. The molecule has 1 unspecified atom stereocenters. The topological polar surface area (TPSA) is 61.4 Å². The summed E-state index contributed by atoms with van der Waals surface area (Å²) in [5.74, 6) is -0.0746. The number of amides is 2. The fourth-order valence-corrected chi connectivity index (χ4v) is 2.99. The van der Waals surface area contributed by atoms with Crippen molar-refractivity contribution >= 4 is 17.5 Å². The predicted molar refractivity (Wildman–Crippen MR) is 110 cm³/mol. The zero-order chi connectivity index (χ0) is 19.6. The number of hydrogen-bond donors (Lipinski definition) is 2. The summed E-state index contributed by atoms with van der Waals surface area (Å²) in [6.45, 7) is 7.48. The quantitative estimate of drug-likeness (QED) is 0.708. The van der Waals surface area contributed by atoms with E-state index in [-0.39, 0.29) is 24.4 Å². The van der Waals surface area contributed by atoms with Gasteiger partial charge < -0.3 is 15.5 Å². The Hall–Kier alpha value is -2.82. The summed E-state index contributed by atoms with van der Waals surface area (Å²) in [5.41, 5.74) is 2.48. The van der Waals surface area contributed by atoms with Gasteiger partial charge in [-0.2, -0.15) is 0 Å². The Morgan fingerprint density at radius 2 is 1.67 bits per heavy atom. The van der Waals surface area contributed by atoms with Crippen LogP contribution in [0.15, 0.2) is 54.6 Å². The summed E-state index contributed by atoms with van der Waals surface area (Å²) >= 11 is 0. The second-order valence-corrected chi connectivity index (χ2v) is 6.35. The molecule has 0 heterocycles. The standard InChI is InChI=1S/C22H29N3O2/c1-4-20(17-11-8-7-9-12-17)24-21(26)16-23-19-14-10-13-18(15-19)22(27)25(5-2)6-3/h7-15,20,23H,4-6,16H2,1-3H3,(H,24,26). The molecule has 5 nitrogen and oxygen atoms in total. The average Bonchev–Trinajstić information content (AvgIpc) is 2.72. The first-order chi connectivity index (χ1) is 13.1. The summed E-state index contributed by atoms with van der Waals surface area (Å²) in [6.07, 6.45) is 0.823. The molecule has 0 aliphatic rings. The third kappa shape index (κ3) is 5.84. The summed E-state index contributed by atoms with van der Waals surface area (Å²) in [5, 5.41) is 6.16. The monoisotopic (exact) mass is 367 g/mol. The molecule has 0 aliphatic heterocycles. The van der Waals surface area contributed by atoms with Gasteiger partial charge in [0.25, 0.3) is 5.91 Å². The molecule has 1 atom stereocenters. The molecule has 2 aromatic carbocycles. The van der Waals surface area contributed by atoms with Crippen LogP contribution in [0.3, 0.4) is 0 Å². The van der Waals surface area contributed by atoms with Crippen LogP contribution in [0.5, 0.6) is 0 Å². The predicted octanol–water partition coefficient (Wildman–Crippen LogP) is 3.85. The highest BCUT2D eigenvalue weighted by molar-refractivity contribution is 5.95. The zero-order valence-electron chi connectivity index (χ0n) is 16.4. The molecule has 2 aromatic rings. The molecular formula is C22H29N3O2. The van der Waals surface area contributed by atoms with Crippen LogP contribution in [0.2, 0.25) is 0 Å². The highest BCUT2D eigenvalue weighted by atomic mass is 16.2. The van der Waals surface area contributed by atoms with Crippen LogP contribution < -0.4 is 10.6 Å². The molecule has 2 N–H and O–H groups in total. The van der Waals surface area contributed by atoms with Gasteiger partial charge in [-0.3, -0.25) is 9.59 Å². The largest absolute Gasteiger partial charge is 0.376 e. The van der Waals surface area contributed by atoms with Crippen molar-refractivity contribution in [3.63, 3.8) is 0 Å². The van der Waals surface area contributed by atoms with Gasteiger partial charge in [0.2, 0.25) is 5.91 Å². The molecule has 0 radical (unpaired) electrons. The Kier molecular flexibility index (Phi) is 7.86. The van der Waals surface area contributed by atoms with Crippen LogP contribution in [0.25, 0.3) is 0 Å². The second-order valence-electron chi connectivity index (χ2n) is 6.35. The van der Waals surface area contributed by atoms with E-state index in [9.17, 15) is 9.59 Å². The molecule has 0 bridgehead atoms. The van der Waals surface area contributed by atoms with Crippen LogP contribution in [-0.4, -0.2) is 36.3 Å². The minimum absolute atomic E-state index is 0.00299. The van der Waals surface area contributed by atoms with Crippen LogP contribution in [0.4, 0.5) is 5.69 Å². The van der Waals surface area contributed by atoms with Gasteiger partial charge in [-0.05, 0) is 44.0 Å². The third-order valence-corrected chi connectivity index (χ3v) is 4.56. The van der Waals surface area contributed by atoms with Crippen molar-refractivity contribution in [1.29, 1.82) is 0 Å². The van der Waals surface area contributed by atoms with Gasteiger partial charge in [-0.15, -0.1) is 0 Å². The maximum atomic E-state index is 12.5. The highest BCUT2D eigenvalue weighted by Crippen LogP contribution is 2.16. The molecule has 0 saturated carbocycles. The van der Waals surface area contributed by atoms with E-state index in [1.54, 1.807) is 17.0 Å². The van der Waals surface area contributed by atoms with Gasteiger partial charge in [0.15, 0.2) is 0 Å². The fourth-order valence-electron chi connectivity index (χ4n) is 2.99. The number of carbonyl (C=O) groups excluding carboxylic acids is 2. The number of anilines is 1. The molecule has 144 valence electrons. The second kappa shape index (κ2) is 10.4. The van der Waals surface area contributed by atoms with E-state index in [4.69, 9.17) is 0 Å². The third-order valence-electron chi connectivity index (χ3n) is 4.56. The van der Waals surface area contributed by atoms with Crippen molar-refractivity contribution < 1.29 is 9.59 Å². The van der Waals surface area contributed by atoms with Gasteiger partial charge in [-0.1, -0.05) is 43.3 Å². The lowest BCUT2D eigenvalue weighted by atomic mass is 10.0. The van der Waals surface area contributed by atoms with Gasteiger partial charge >= 0.3 is 0 Å². The van der Waals surface area contributed by atoms with Gasteiger partial charge in [-0.25, -0.2) is 0 Å². The first-order valence-electron chi connectivity index (χ1n) is 9.56. The molecule has 0 aromatic heterocycles. The number of carbonyl (C=O) groups is 2. The summed E-state index contributed by atoms with van der Waals surface area (Å²) in [4.78, 5) is 26.6. The van der Waals surface area contributed by atoms with Gasteiger partial charge in [0.1, 0.15) is 0 Å². The lowest BCUT2D eigenvalue weighted by molar-refractivity contribution is -0.120. The summed E-state index contributed by atoms with van der Waals surface area (Å²) < 4.78 is 0. The highest BCUT2D eigenvalue weighted by Gasteiger charge is 2.14. The Morgan fingerprint density at radius 1 is 0.963 bits per heavy atom. The van der Waals surface area contributed by atoms with Crippen LogP contribution in [0.1, 0.15) is 49.2 Å². The number of benzene rings is 2. The molecular weight excluding hydrogens is 338 g/mol. The molecule has 2 rings (SSSR count). The minimum atomic E-state index is -0.0776. The maximum absolute atomic E-state index is 12.5. The average molecular weight is 367 g/mol. The fraction of sp³-hybridized carbons (Fsp3) is 0.364. The minimum Gasteiger partial charge on any atom is -0.376 e. The van der Waals surface area contributed by atoms with Gasteiger partial charge in [0, 0.05) is 24.3 Å². The Labute approximate surface area is 161 Å². The smallest absolute Gasteiger partial charge is 0.253 e. The summed E-state index contributed by atoms with van der Waals surface area (Å²) in [7, 11) is 0. The lowest BCUT2D eigenvalue weighted by Gasteiger charge is -2.19. The first-order valence-corrected chi connectivity index (χ1v) is 9.56. The van der Waals surface area contributed by atoms with Crippen LogP contribution >= 0.6 is 0 Å². The van der Waals surface area contributed by atoms with Crippen molar-refractivity contribution in [3.05, 3.63) is 65.7 Å². The van der Waals surface area contributed by atoms with E-state index in [0.717, 1.165) is 17.7 Å². The van der Waals surface area contributed by atoms with E-state index in [2.05, 4.69) is 10.6 Å². The van der Waals surface area contributed by atoms with E-state index in [0.29, 0.717) is 18.7 Å². The molecule has 0 spiro atoms. The van der Waals surface area contributed by atoms with Gasteiger partial charge in [0.05, 0.1) is 12.6 Å². The molecule has 2 amide bonds. The van der Waals surface area contributed by atoms with Crippen molar-refractivity contribution in [2.75, 3.05) is 25.0 Å². The Morgan fingerprint density at radius 3 is 2.30 bits per heavy atom. The number of rotatable bonds is 9. The van der Waals surface area contributed by atoms with E-state index >= 15 is 0 Å². The first kappa shape index (κ1) is 20.5. The molecule has 27 heavy (non-hydrogen) atoms. The van der Waals surface area contributed by atoms with E-state index in [1.165, 1.54) is 0 Å². The van der Waals surface area contributed by atoms with Crippen molar-refractivity contribution in [2.24, 2.45) is 0 Å². The maximum Gasteiger partial charge on any atom is 0.253 e. The molecule has 0 saturated heterocycles. The lowest BCUT2D eigenvalue weighted by Crippen LogP contribution is -2.33. The van der Waals surface area contributed by atoms with Crippen LogP contribution in [0, 0.1) is 0 Å². The normalized spacial score (nSPS) is 11.5. The summed E-state index contributed by atoms with van der Waals surface area (Å²) in [6, 6.07) is 17.2. The number of nitrogens with zero attached hydrogens (tertiary/aromatic N) is 1. The Bertz CT molecular complexity index is 742.